The van der Waals surface area contributed by atoms with Gasteiger partial charge in [0.15, 0.2) is 18.1 Å². The first kappa shape index (κ1) is 23.9. The van der Waals surface area contributed by atoms with Crippen LogP contribution in [-0.4, -0.2) is 49.2 Å². The number of ether oxygens (including phenoxy) is 2. The van der Waals surface area contributed by atoms with Crippen LogP contribution in [-0.2, 0) is 11.3 Å². The van der Waals surface area contributed by atoms with Crippen molar-refractivity contribution < 1.29 is 29.3 Å². The first-order chi connectivity index (χ1) is 18.4. The van der Waals surface area contributed by atoms with Crippen molar-refractivity contribution in [2.45, 2.75) is 6.54 Å². The molecule has 9 nitrogen and oxygen atoms in total. The Kier molecular flexibility index (Phi) is 5.93. The van der Waals surface area contributed by atoms with E-state index in [1.54, 1.807) is 18.2 Å². The van der Waals surface area contributed by atoms with Crippen LogP contribution in [0.15, 0.2) is 60.0 Å². The summed E-state index contributed by atoms with van der Waals surface area (Å²) in [6, 6.07) is 16.7. The molecule has 0 atom stereocenters. The average Bonchev–Trinajstić information content (AvgIpc) is 3.60. The molecule has 6 rings (SSSR count). The molecule has 2 aromatic carbocycles. The van der Waals surface area contributed by atoms with Gasteiger partial charge in [-0.2, -0.15) is 8.75 Å². The highest BCUT2D eigenvalue weighted by Gasteiger charge is 2.29. The fourth-order valence-corrected chi connectivity index (χ4v) is 6.13. The highest BCUT2D eigenvalue weighted by Crippen LogP contribution is 2.47. The molecule has 11 heteroatoms. The number of carboxylic acids is 2. The van der Waals surface area contributed by atoms with E-state index in [2.05, 4.69) is 8.75 Å². The highest BCUT2D eigenvalue weighted by atomic mass is 32.1. The third-order valence-electron chi connectivity index (χ3n) is 6.29. The summed E-state index contributed by atoms with van der Waals surface area (Å²) in [5.74, 6) is -1.65. The van der Waals surface area contributed by atoms with Crippen molar-refractivity contribution in [1.29, 1.82) is 0 Å². The molecular weight excluding hydrogens is 526 g/mol. The lowest BCUT2D eigenvalue weighted by molar-refractivity contribution is -0.139. The summed E-state index contributed by atoms with van der Waals surface area (Å²) >= 11 is 2.67. The first-order valence-corrected chi connectivity index (χ1v) is 13.1. The maximum Gasteiger partial charge on any atom is 0.353 e. The molecular formula is C27H19N3O6S2. The van der Waals surface area contributed by atoms with Gasteiger partial charge in [-0.1, -0.05) is 24.3 Å². The van der Waals surface area contributed by atoms with Gasteiger partial charge in [0, 0.05) is 22.4 Å². The van der Waals surface area contributed by atoms with Gasteiger partial charge in [-0.3, -0.25) is 0 Å². The molecule has 4 aromatic rings. The Morgan fingerprint density at radius 1 is 0.974 bits per heavy atom. The summed E-state index contributed by atoms with van der Waals surface area (Å²) in [4.78, 5) is 24.9. The number of carboxylic acid groups (broad SMARTS) is 2. The number of benzene rings is 2. The second-order valence-corrected chi connectivity index (χ2v) is 10.00. The van der Waals surface area contributed by atoms with Crippen LogP contribution in [0.1, 0.15) is 16.1 Å². The SMILES string of the molecule is COc1ccc(-c2c(C(=O)O)n(Cc3ccc4nsnc4c3)c3cc4cccsc-4c23)cc1OCC(=O)O. The zero-order chi connectivity index (χ0) is 26.4. The second kappa shape index (κ2) is 9.43. The molecule has 1 aliphatic heterocycles. The summed E-state index contributed by atoms with van der Waals surface area (Å²) in [7, 11) is 1.46. The number of fused-ring (bicyclic) bond motifs is 4. The van der Waals surface area contributed by atoms with Crippen molar-refractivity contribution in [3.8, 4) is 33.1 Å². The summed E-state index contributed by atoms with van der Waals surface area (Å²) in [5.41, 5.74) is 5.48. The number of hydrogen-bond donors (Lipinski definition) is 2. The molecule has 2 aromatic heterocycles. The Balaban J connectivity index is 1.60. The molecule has 0 unspecified atom stereocenters. The molecule has 38 heavy (non-hydrogen) atoms. The molecule has 3 heterocycles. The molecule has 0 spiro atoms. The van der Waals surface area contributed by atoms with Crippen LogP contribution in [0.25, 0.3) is 43.5 Å². The van der Waals surface area contributed by atoms with Gasteiger partial charge in [0.2, 0.25) is 0 Å². The number of aliphatic carboxylic acids is 1. The first-order valence-electron chi connectivity index (χ1n) is 11.4. The van der Waals surface area contributed by atoms with Crippen LogP contribution in [0.4, 0.5) is 0 Å². The van der Waals surface area contributed by atoms with Gasteiger partial charge >= 0.3 is 11.9 Å². The van der Waals surface area contributed by atoms with Crippen molar-refractivity contribution in [2.24, 2.45) is 0 Å². The predicted molar refractivity (Wildman–Crippen MR) is 145 cm³/mol. The minimum Gasteiger partial charge on any atom is -0.493 e. The van der Waals surface area contributed by atoms with E-state index >= 15 is 0 Å². The smallest absolute Gasteiger partial charge is 0.353 e. The Labute approximate surface area is 223 Å². The molecule has 0 bridgehead atoms. The molecule has 0 saturated heterocycles. The van der Waals surface area contributed by atoms with Gasteiger partial charge in [-0.25, -0.2) is 9.59 Å². The summed E-state index contributed by atoms with van der Waals surface area (Å²) in [5, 5.41) is 22.4. The Bertz CT molecular complexity index is 1820. The third-order valence-corrected chi connectivity index (χ3v) is 7.82. The van der Waals surface area contributed by atoms with E-state index < -0.39 is 18.5 Å². The molecule has 0 radical (unpaired) electrons. The van der Waals surface area contributed by atoms with Crippen LogP contribution in [0.3, 0.4) is 0 Å². The molecule has 0 fully saturated rings. The molecule has 1 aliphatic carbocycles. The van der Waals surface area contributed by atoms with E-state index in [4.69, 9.17) is 14.6 Å². The van der Waals surface area contributed by atoms with E-state index in [-0.39, 0.29) is 11.4 Å². The zero-order valence-electron chi connectivity index (χ0n) is 19.9. The second-order valence-electron chi connectivity index (χ2n) is 8.55. The normalized spacial score (nSPS) is 11.4. The van der Waals surface area contributed by atoms with Crippen molar-refractivity contribution in [3.63, 3.8) is 0 Å². The molecule has 0 amide bonds. The van der Waals surface area contributed by atoms with Crippen LogP contribution in [0.2, 0.25) is 0 Å². The predicted octanol–water partition coefficient (Wildman–Crippen LogP) is 5.70. The van der Waals surface area contributed by atoms with Crippen molar-refractivity contribution in [1.82, 2.24) is 13.3 Å². The van der Waals surface area contributed by atoms with Gasteiger partial charge in [0.1, 0.15) is 16.7 Å². The summed E-state index contributed by atoms with van der Waals surface area (Å²) < 4.78 is 21.2. The minimum absolute atomic E-state index is 0.124. The highest BCUT2D eigenvalue weighted by molar-refractivity contribution is 7.14. The lowest BCUT2D eigenvalue weighted by atomic mass is 10.0. The molecule has 2 aliphatic rings. The number of aromatic nitrogens is 3. The van der Waals surface area contributed by atoms with Gasteiger partial charge in [0.25, 0.3) is 0 Å². The number of rotatable bonds is 8. The number of carbonyl (C=O) groups is 2. The molecule has 2 N–H and O–H groups in total. The lowest BCUT2D eigenvalue weighted by Gasteiger charge is -2.13. The van der Waals surface area contributed by atoms with Crippen LogP contribution >= 0.6 is 23.1 Å². The quantitative estimate of drug-likeness (QED) is 0.250. The maximum atomic E-state index is 12.8. The van der Waals surface area contributed by atoms with Crippen molar-refractivity contribution in [3.05, 3.63) is 71.2 Å². The Hall–Kier alpha value is -4.48. The Morgan fingerprint density at radius 3 is 2.61 bits per heavy atom. The monoisotopic (exact) mass is 545 g/mol. The largest absolute Gasteiger partial charge is 0.493 e. The number of aromatic carboxylic acids is 1. The van der Waals surface area contributed by atoms with E-state index in [0.29, 0.717) is 23.4 Å². The third kappa shape index (κ3) is 4.01. The van der Waals surface area contributed by atoms with Crippen LogP contribution in [0, 0.1) is 0 Å². The number of nitrogens with zero attached hydrogens (tertiary/aromatic N) is 3. The Morgan fingerprint density at radius 2 is 1.82 bits per heavy atom. The molecule has 190 valence electrons. The van der Waals surface area contributed by atoms with Gasteiger partial charge in [0.05, 0.1) is 24.4 Å². The van der Waals surface area contributed by atoms with E-state index in [9.17, 15) is 14.7 Å². The van der Waals surface area contributed by atoms with Gasteiger partial charge < -0.3 is 24.3 Å². The number of methoxy groups -OCH3 is 1. The fourth-order valence-electron chi connectivity index (χ4n) is 4.74. The summed E-state index contributed by atoms with van der Waals surface area (Å²) in [6.07, 6.45) is 0. The fraction of sp³-hybridized carbons (Fsp3) is 0.111. The van der Waals surface area contributed by atoms with Gasteiger partial charge in [-0.05, 0) is 52.4 Å². The van der Waals surface area contributed by atoms with Crippen molar-refractivity contribution >= 4 is 56.9 Å². The molecule has 0 saturated carbocycles. The minimum atomic E-state index is -1.13. The average molecular weight is 546 g/mol. The lowest BCUT2D eigenvalue weighted by Crippen LogP contribution is -2.11. The van der Waals surface area contributed by atoms with Crippen LogP contribution in [0.5, 0.6) is 11.5 Å². The van der Waals surface area contributed by atoms with Gasteiger partial charge in [-0.15, -0.1) is 11.3 Å². The topological polar surface area (TPSA) is 124 Å². The van der Waals surface area contributed by atoms with Crippen molar-refractivity contribution in [2.75, 3.05) is 13.7 Å². The standard InChI is InChI=1S/C27H19N3O6S2/c1-35-20-7-5-15(11-21(20)36-13-22(31)32)23-24-19(10-16-3-2-8-37-26(16)24)30(25(23)27(33)34)12-14-4-6-17-18(9-14)29-38-28-17/h2-11H,12-13H2,1H3,(H,31,32)(H,33,34). The van der Waals surface area contributed by atoms with E-state index in [0.717, 1.165) is 49.7 Å². The number of hydrogen-bond acceptors (Lipinski definition) is 8. The van der Waals surface area contributed by atoms with Crippen LogP contribution < -0.4 is 9.47 Å². The zero-order valence-corrected chi connectivity index (χ0v) is 21.5. The van der Waals surface area contributed by atoms with E-state index in [1.165, 1.54) is 18.4 Å². The summed E-state index contributed by atoms with van der Waals surface area (Å²) in [6.45, 7) is -0.248. The van der Waals surface area contributed by atoms with E-state index in [1.807, 2.05) is 46.3 Å². The maximum absolute atomic E-state index is 12.8.